The van der Waals surface area contributed by atoms with Gasteiger partial charge >= 0.3 is 0 Å². The molecule has 0 aliphatic carbocycles. The molecule has 0 bridgehead atoms. The van der Waals surface area contributed by atoms with Crippen LogP contribution in [-0.4, -0.2) is 66.6 Å². The second-order valence-corrected chi connectivity index (χ2v) is 8.07. The zero-order chi connectivity index (χ0) is 20.0. The fourth-order valence-corrected chi connectivity index (χ4v) is 4.48. The van der Waals surface area contributed by atoms with E-state index in [1.807, 2.05) is 41.6 Å². The van der Waals surface area contributed by atoms with Crippen molar-refractivity contribution in [2.24, 2.45) is 7.05 Å². The third kappa shape index (κ3) is 3.24. The lowest BCUT2D eigenvalue weighted by atomic mass is 9.96. The van der Waals surface area contributed by atoms with Gasteiger partial charge in [-0.15, -0.1) is 15.3 Å². The van der Waals surface area contributed by atoms with Crippen LogP contribution in [0.25, 0.3) is 5.65 Å². The van der Waals surface area contributed by atoms with Crippen molar-refractivity contribution in [2.75, 3.05) is 31.1 Å². The highest BCUT2D eigenvalue weighted by molar-refractivity contribution is 5.92. The lowest BCUT2D eigenvalue weighted by Gasteiger charge is -2.31. The van der Waals surface area contributed by atoms with E-state index in [-0.39, 0.29) is 11.8 Å². The van der Waals surface area contributed by atoms with E-state index in [1.165, 1.54) is 12.8 Å². The van der Waals surface area contributed by atoms with Crippen molar-refractivity contribution in [1.29, 1.82) is 0 Å². The Hall–Kier alpha value is -2.97. The standard InChI is InChI=1S/C20H26N8O/c1-14-13-16(25(2)23-14)20(29)27-11-7-15(8-12-27)19-22-21-17-5-6-18(24-28(17)19)26-9-3-4-10-26/h5-6,13,15H,3-4,7-12H2,1-2H3. The molecule has 0 saturated carbocycles. The Morgan fingerprint density at radius 2 is 1.79 bits per heavy atom. The first kappa shape index (κ1) is 18.1. The summed E-state index contributed by atoms with van der Waals surface area (Å²) in [5.41, 5.74) is 2.29. The summed E-state index contributed by atoms with van der Waals surface area (Å²) in [6, 6.07) is 5.89. The van der Waals surface area contributed by atoms with Crippen molar-refractivity contribution in [1.82, 2.24) is 34.5 Å². The monoisotopic (exact) mass is 394 g/mol. The number of aromatic nitrogens is 6. The summed E-state index contributed by atoms with van der Waals surface area (Å²) >= 11 is 0. The van der Waals surface area contributed by atoms with Gasteiger partial charge in [-0.25, -0.2) is 0 Å². The molecule has 9 heteroatoms. The highest BCUT2D eigenvalue weighted by atomic mass is 16.2. The number of anilines is 1. The molecule has 5 rings (SSSR count). The molecule has 2 aliphatic heterocycles. The van der Waals surface area contributed by atoms with E-state index < -0.39 is 0 Å². The van der Waals surface area contributed by atoms with Crippen LogP contribution >= 0.6 is 0 Å². The number of carbonyl (C=O) groups is 1. The van der Waals surface area contributed by atoms with Crippen LogP contribution in [0.5, 0.6) is 0 Å². The Bertz CT molecular complexity index is 1040. The third-order valence-electron chi connectivity index (χ3n) is 6.07. The van der Waals surface area contributed by atoms with Crippen LogP contribution in [0.1, 0.15) is 53.6 Å². The summed E-state index contributed by atoms with van der Waals surface area (Å²) < 4.78 is 3.57. The molecule has 0 radical (unpaired) electrons. The van der Waals surface area contributed by atoms with Gasteiger partial charge < -0.3 is 9.80 Å². The Morgan fingerprint density at radius 3 is 2.48 bits per heavy atom. The summed E-state index contributed by atoms with van der Waals surface area (Å²) in [5, 5.41) is 17.9. The van der Waals surface area contributed by atoms with E-state index in [4.69, 9.17) is 5.10 Å². The van der Waals surface area contributed by atoms with Gasteiger partial charge in [0.1, 0.15) is 11.5 Å². The number of likely N-dealkylation sites (tertiary alicyclic amines) is 1. The molecule has 0 spiro atoms. The molecule has 0 atom stereocenters. The van der Waals surface area contributed by atoms with Crippen molar-refractivity contribution in [3.8, 4) is 0 Å². The molecule has 1 amide bonds. The van der Waals surface area contributed by atoms with Crippen LogP contribution < -0.4 is 4.90 Å². The van der Waals surface area contributed by atoms with Crippen LogP contribution in [-0.2, 0) is 7.05 Å². The van der Waals surface area contributed by atoms with Crippen molar-refractivity contribution in [3.63, 3.8) is 0 Å². The molecule has 9 nitrogen and oxygen atoms in total. The van der Waals surface area contributed by atoms with E-state index in [9.17, 15) is 4.79 Å². The predicted molar refractivity (Wildman–Crippen MR) is 108 cm³/mol. The van der Waals surface area contributed by atoms with Gasteiger partial charge in [0.25, 0.3) is 5.91 Å². The molecule has 2 fully saturated rings. The summed E-state index contributed by atoms with van der Waals surface area (Å²) in [7, 11) is 1.82. The fraction of sp³-hybridized carbons (Fsp3) is 0.550. The topological polar surface area (TPSA) is 84.5 Å². The number of hydrogen-bond acceptors (Lipinski definition) is 6. The van der Waals surface area contributed by atoms with Crippen molar-refractivity contribution >= 4 is 17.4 Å². The second-order valence-electron chi connectivity index (χ2n) is 8.07. The molecule has 0 N–H and O–H groups in total. The highest BCUT2D eigenvalue weighted by Crippen LogP contribution is 2.28. The van der Waals surface area contributed by atoms with E-state index in [2.05, 4.69) is 20.2 Å². The van der Waals surface area contributed by atoms with Crippen LogP contribution in [0.2, 0.25) is 0 Å². The molecular weight excluding hydrogens is 368 g/mol. The normalized spacial score (nSPS) is 18.1. The van der Waals surface area contributed by atoms with Crippen LogP contribution in [0.3, 0.4) is 0 Å². The van der Waals surface area contributed by atoms with E-state index in [0.717, 1.165) is 48.9 Å². The smallest absolute Gasteiger partial charge is 0.272 e. The molecule has 5 heterocycles. The number of piperidine rings is 1. The molecule has 152 valence electrons. The van der Waals surface area contributed by atoms with Crippen LogP contribution in [0.15, 0.2) is 18.2 Å². The maximum Gasteiger partial charge on any atom is 0.272 e. The zero-order valence-corrected chi connectivity index (χ0v) is 17.0. The highest BCUT2D eigenvalue weighted by Gasteiger charge is 2.29. The average molecular weight is 394 g/mol. The summed E-state index contributed by atoms with van der Waals surface area (Å²) in [6.07, 6.45) is 4.16. The number of rotatable bonds is 3. The van der Waals surface area contributed by atoms with E-state index in [0.29, 0.717) is 18.8 Å². The third-order valence-corrected chi connectivity index (χ3v) is 6.07. The first-order chi connectivity index (χ1) is 14.1. The molecule has 29 heavy (non-hydrogen) atoms. The quantitative estimate of drug-likeness (QED) is 0.673. The number of fused-ring (bicyclic) bond motifs is 1. The van der Waals surface area contributed by atoms with Gasteiger partial charge in [0.2, 0.25) is 0 Å². The van der Waals surface area contributed by atoms with Gasteiger partial charge in [0.15, 0.2) is 11.5 Å². The predicted octanol–water partition coefficient (Wildman–Crippen LogP) is 1.79. The minimum atomic E-state index is 0.0482. The molecule has 2 aliphatic rings. The first-order valence-corrected chi connectivity index (χ1v) is 10.4. The minimum Gasteiger partial charge on any atom is -0.355 e. The van der Waals surface area contributed by atoms with Crippen LogP contribution in [0.4, 0.5) is 5.82 Å². The Morgan fingerprint density at radius 1 is 1.03 bits per heavy atom. The summed E-state index contributed by atoms with van der Waals surface area (Å²) in [4.78, 5) is 17.1. The molecule has 0 unspecified atom stereocenters. The lowest BCUT2D eigenvalue weighted by Crippen LogP contribution is -2.39. The average Bonchev–Trinajstić information content (AvgIpc) is 3.47. The minimum absolute atomic E-state index is 0.0482. The van der Waals surface area contributed by atoms with Gasteiger partial charge in [-0.1, -0.05) is 0 Å². The maximum atomic E-state index is 12.8. The van der Waals surface area contributed by atoms with Gasteiger partial charge in [-0.05, 0) is 50.8 Å². The Balaban J connectivity index is 1.32. The largest absolute Gasteiger partial charge is 0.355 e. The number of aryl methyl sites for hydroxylation is 2. The molecule has 0 aromatic carbocycles. The van der Waals surface area contributed by atoms with Crippen molar-refractivity contribution < 1.29 is 4.79 Å². The zero-order valence-electron chi connectivity index (χ0n) is 17.0. The van der Waals surface area contributed by atoms with Crippen molar-refractivity contribution in [2.45, 2.75) is 38.5 Å². The Labute approximate surface area is 169 Å². The maximum absolute atomic E-state index is 12.8. The van der Waals surface area contributed by atoms with Gasteiger partial charge in [0, 0.05) is 39.1 Å². The Kier molecular flexibility index (Phi) is 4.44. The number of hydrogen-bond donors (Lipinski definition) is 0. The summed E-state index contributed by atoms with van der Waals surface area (Å²) in [5.74, 6) is 2.20. The molecule has 2 saturated heterocycles. The molecule has 3 aromatic rings. The van der Waals surface area contributed by atoms with E-state index >= 15 is 0 Å². The number of amides is 1. The SMILES string of the molecule is Cc1cc(C(=O)N2CCC(c3nnc4ccc(N5CCCC5)nn34)CC2)n(C)n1. The molecular formula is C20H26N8O. The van der Waals surface area contributed by atoms with Crippen molar-refractivity contribution in [3.05, 3.63) is 35.4 Å². The van der Waals surface area contributed by atoms with Crippen LogP contribution in [0, 0.1) is 6.92 Å². The lowest BCUT2D eigenvalue weighted by molar-refractivity contribution is 0.0699. The van der Waals surface area contributed by atoms with E-state index in [1.54, 1.807) is 4.68 Å². The van der Waals surface area contributed by atoms with Gasteiger partial charge in [0.05, 0.1) is 5.69 Å². The van der Waals surface area contributed by atoms with Gasteiger partial charge in [-0.2, -0.15) is 9.61 Å². The summed E-state index contributed by atoms with van der Waals surface area (Å²) in [6.45, 7) is 5.43. The number of nitrogens with zero attached hydrogens (tertiary/aromatic N) is 8. The fourth-order valence-electron chi connectivity index (χ4n) is 4.48. The first-order valence-electron chi connectivity index (χ1n) is 10.4. The molecule has 3 aromatic heterocycles. The number of carbonyl (C=O) groups excluding carboxylic acids is 1. The second kappa shape index (κ2) is 7.13. The van der Waals surface area contributed by atoms with Gasteiger partial charge in [-0.3, -0.25) is 9.48 Å².